The van der Waals surface area contributed by atoms with Crippen molar-refractivity contribution >= 4 is 34.6 Å². The lowest BCUT2D eigenvalue weighted by molar-refractivity contribution is -0.384. The minimum Gasteiger partial charge on any atom is -0.381 e. The topological polar surface area (TPSA) is 55.2 Å². The Morgan fingerprint density at radius 3 is 2.63 bits per heavy atom. The Morgan fingerprint density at radius 1 is 1.16 bits per heavy atom. The highest BCUT2D eigenvalue weighted by Gasteiger charge is 2.07. The summed E-state index contributed by atoms with van der Waals surface area (Å²) >= 11 is 12.0. The monoisotopic (exact) mass is 296 g/mol. The van der Waals surface area contributed by atoms with Gasteiger partial charge in [0.25, 0.3) is 5.69 Å². The quantitative estimate of drug-likeness (QED) is 0.667. The molecule has 0 heterocycles. The average Bonchev–Trinajstić information content (AvgIpc) is 2.41. The fourth-order valence-electron chi connectivity index (χ4n) is 1.61. The molecule has 2 aromatic carbocycles. The third-order valence-electron chi connectivity index (χ3n) is 2.57. The minimum absolute atomic E-state index is 0.0437. The van der Waals surface area contributed by atoms with Crippen LogP contribution in [-0.4, -0.2) is 4.92 Å². The van der Waals surface area contributed by atoms with Gasteiger partial charge in [-0.1, -0.05) is 41.4 Å². The molecule has 0 unspecified atom stereocenters. The van der Waals surface area contributed by atoms with Crippen molar-refractivity contribution in [3.63, 3.8) is 0 Å². The van der Waals surface area contributed by atoms with E-state index in [1.165, 1.54) is 12.1 Å². The van der Waals surface area contributed by atoms with Crippen LogP contribution in [0.2, 0.25) is 10.0 Å². The van der Waals surface area contributed by atoms with E-state index in [0.29, 0.717) is 22.3 Å². The molecule has 0 atom stereocenters. The number of nitrogens with zero attached hydrogens (tertiary/aromatic N) is 1. The zero-order valence-electron chi connectivity index (χ0n) is 9.77. The number of hydrogen-bond donors (Lipinski definition) is 1. The van der Waals surface area contributed by atoms with Gasteiger partial charge in [0, 0.05) is 24.4 Å². The van der Waals surface area contributed by atoms with Crippen molar-refractivity contribution in [1.82, 2.24) is 0 Å². The summed E-state index contributed by atoms with van der Waals surface area (Å²) in [7, 11) is 0. The van der Waals surface area contributed by atoms with E-state index in [-0.39, 0.29) is 5.69 Å². The van der Waals surface area contributed by atoms with Crippen LogP contribution in [0, 0.1) is 10.1 Å². The third kappa shape index (κ3) is 3.36. The van der Waals surface area contributed by atoms with E-state index in [2.05, 4.69) is 5.32 Å². The number of hydrogen-bond acceptors (Lipinski definition) is 3. The number of nitrogens with one attached hydrogen (secondary N) is 1. The van der Waals surface area contributed by atoms with Crippen LogP contribution >= 0.6 is 23.2 Å². The van der Waals surface area contributed by atoms with Gasteiger partial charge in [-0.3, -0.25) is 10.1 Å². The Morgan fingerprint density at radius 2 is 1.89 bits per heavy atom. The third-order valence-corrected chi connectivity index (χ3v) is 3.43. The van der Waals surface area contributed by atoms with Crippen LogP contribution in [0.5, 0.6) is 0 Å². The van der Waals surface area contributed by atoms with Crippen LogP contribution in [0.3, 0.4) is 0 Å². The zero-order valence-corrected chi connectivity index (χ0v) is 11.3. The largest absolute Gasteiger partial charge is 0.381 e. The van der Waals surface area contributed by atoms with Crippen LogP contribution in [0.15, 0.2) is 42.5 Å². The molecule has 0 spiro atoms. The van der Waals surface area contributed by atoms with Crippen LogP contribution in [-0.2, 0) is 6.54 Å². The lowest BCUT2D eigenvalue weighted by Gasteiger charge is -2.08. The second kappa shape index (κ2) is 5.91. The summed E-state index contributed by atoms with van der Waals surface area (Å²) in [5, 5.41) is 14.7. The Kier molecular flexibility index (Phi) is 4.24. The summed E-state index contributed by atoms with van der Waals surface area (Å²) in [4.78, 5) is 10.2. The van der Waals surface area contributed by atoms with Gasteiger partial charge in [0.1, 0.15) is 0 Å². The van der Waals surface area contributed by atoms with Gasteiger partial charge in [0.2, 0.25) is 0 Å². The second-order valence-electron chi connectivity index (χ2n) is 3.87. The lowest BCUT2D eigenvalue weighted by Crippen LogP contribution is -2.00. The highest BCUT2D eigenvalue weighted by molar-refractivity contribution is 6.42. The van der Waals surface area contributed by atoms with E-state index in [1.54, 1.807) is 24.3 Å². The minimum atomic E-state index is -0.433. The Balaban J connectivity index is 2.12. The molecule has 0 bridgehead atoms. The van der Waals surface area contributed by atoms with Crippen molar-refractivity contribution in [2.75, 3.05) is 5.32 Å². The normalized spacial score (nSPS) is 10.2. The molecule has 0 aliphatic heterocycles. The second-order valence-corrected chi connectivity index (χ2v) is 4.66. The van der Waals surface area contributed by atoms with E-state index >= 15 is 0 Å². The number of non-ortho nitro benzene ring substituents is 1. The first kappa shape index (κ1) is 13.6. The lowest BCUT2D eigenvalue weighted by atomic mass is 10.2. The van der Waals surface area contributed by atoms with Gasteiger partial charge in [-0.15, -0.1) is 0 Å². The number of anilines is 1. The molecule has 0 aromatic heterocycles. The van der Waals surface area contributed by atoms with Gasteiger partial charge in [-0.25, -0.2) is 0 Å². The van der Waals surface area contributed by atoms with Crippen LogP contribution in [0.4, 0.5) is 11.4 Å². The molecule has 0 saturated heterocycles. The van der Waals surface area contributed by atoms with Crippen LogP contribution < -0.4 is 5.32 Å². The van der Waals surface area contributed by atoms with Crippen molar-refractivity contribution in [2.24, 2.45) is 0 Å². The summed E-state index contributed by atoms with van der Waals surface area (Å²) in [6.07, 6.45) is 0. The van der Waals surface area contributed by atoms with Gasteiger partial charge >= 0.3 is 0 Å². The Bertz CT molecular complexity index is 617. The molecule has 6 heteroatoms. The predicted octanol–water partition coefficient (Wildman–Crippen LogP) is 4.51. The SMILES string of the molecule is O=[N+]([O-])c1cccc(NCc2cccc(Cl)c2Cl)c1. The number of halogens is 2. The van der Waals surface area contributed by atoms with E-state index < -0.39 is 4.92 Å². The summed E-state index contributed by atoms with van der Waals surface area (Å²) in [5.41, 5.74) is 1.54. The van der Waals surface area contributed by atoms with Crippen molar-refractivity contribution in [3.05, 3.63) is 68.2 Å². The molecule has 4 nitrogen and oxygen atoms in total. The summed E-state index contributed by atoms with van der Waals surface area (Å²) in [6.45, 7) is 0.445. The summed E-state index contributed by atoms with van der Waals surface area (Å²) in [6, 6.07) is 11.7. The number of nitro groups is 1. The maximum Gasteiger partial charge on any atom is 0.271 e. The van der Waals surface area contributed by atoms with Gasteiger partial charge in [0.05, 0.1) is 15.0 Å². The summed E-state index contributed by atoms with van der Waals surface area (Å²) in [5.74, 6) is 0. The average molecular weight is 297 g/mol. The maximum absolute atomic E-state index is 10.7. The highest BCUT2D eigenvalue weighted by atomic mass is 35.5. The predicted molar refractivity (Wildman–Crippen MR) is 76.9 cm³/mol. The standard InChI is InChI=1S/C13H10Cl2N2O2/c14-12-6-1-3-9(13(12)15)8-16-10-4-2-5-11(7-10)17(18)19/h1-7,16H,8H2. The molecule has 0 aliphatic rings. The van der Waals surface area contributed by atoms with E-state index in [9.17, 15) is 10.1 Å². The van der Waals surface area contributed by atoms with Crippen LogP contribution in [0.1, 0.15) is 5.56 Å². The van der Waals surface area contributed by atoms with Crippen molar-refractivity contribution in [2.45, 2.75) is 6.54 Å². The highest BCUT2D eigenvalue weighted by Crippen LogP contribution is 2.26. The fourth-order valence-corrected chi connectivity index (χ4v) is 2.00. The van der Waals surface area contributed by atoms with Gasteiger partial charge in [0.15, 0.2) is 0 Å². The van der Waals surface area contributed by atoms with E-state index in [1.807, 2.05) is 6.07 Å². The molecule has 1 N–H and O–H groups in total. The summed E-state index contributed by atoms with van der Waals surface area (Å²) < 4.78 is 0. The molecule has 19 heavy (non-hydrogen) atoms. The molecule has 0 amide bonds. The molecule has 2 aromatic rings. The zero-order chi connectivity index (χ0) is 13.8. The van der Waals surface area contributed by atoms with Gasteiger partial charge in [-0.2, -0.15) is 0 Å². The molecule has 2 rings (SSSR count). The van der Waals surface area contributed by atoms with Crippen LogP contribution in [0.25, 0.3) is 0 Å². The molecule has 0 radical (unpaired) electrons. The first-order chi connectivity index (χ1) is 9.08. The smallest absolute Gasteiger partial charge is 0.271 e. The van der Waals surface area contributed by atoms with Gasteiger partial charge < -0.3 is 5.32 Å². The Hall–Kier alpha value is -1.78. The van der Waals surface area contributed by atoms with Crippen molar-refractivity contribution in [3.8, 4) is 0 Å². The van der Waals surface area contributed by atoms with E-state index in [4.69, 9.17) is 23.2 Å². The first-order valence-corrected chi connectivity index (χ1v) is 6.25. The Labute approximate surface area is 120 Å². The molecule has 98 valence electrons. The van der Waals surface area contributed by atoms with Crippen molar-refractivity contribution < 1.29 is 4.92 Å². The molecular weight excluding hydrogens is 287 g/mol. The number of nitro benzene ring substituents is 1. The molecule has 0 aliphatic carbocycles. The molecular formula is C13H10Cl2N2O2. The van der Waals surface area contributed by atoms with Gasteiger partial charge in [-0.05, 0) is 17.7 Å². The molecule has 0 fully saturated rings. The van der Waals surface area contributed by atoms with Crippen molar-refractivity contribution in [1.29, 1.82) is 0 Å². The van der Waals surface area contributed by atoms with E-state index in [0.717, 1.165) is 5.56 Å². The number of rotatable bonds is 4. The maximum atomic E-state index is 10.7. The fraction of sp³-hybridized carbons (Fsp3) is 0.0769. The number of benzene rings is 2. The first-order valence-electron chi connectivity index (χ1n) is 5.49. The molecule has 0 saturated carbocycles.